The summed E-state index contributed by atoms with van der Waals surface area (Å²) in [6.07, 6.45) is 1.11. The standard InChI is InChI=1S/C21H24N2OS/c1-3-15(2)17-9-10-20(24-13-16-7-5-4-6-8-16)18(11-17)19-14-25-21(12-22)23-19/h4-11,14-15H,3,12-13,22H2,1-2H3. The van der Waals surface area contributed by atoms with Crippen LogP contribution in [0, 0.1) is 0 Å². The van der Waals surface area contributed by atoms with E-state index in [1.807, 2.05) is 18.2 Å². The molecule has 2 aromatic carbocycles. The van der Waals surface area contributed by atoms with Crippen LogP contribution in [0.2, 0.25) is 0 Å². The van der Waals surface area contributed by atoms with Crippen molar-refractivity contribution in [3.63, 3.8) is 0 Å². The van der Waals surface area contributed by atoms with Crippen LogP contribution in [0.15, 0.2) is 53.9 Å². The molecule has 1 heterocycles. The van der Waals surface area contributed by atoms with Crippen molar-refractivity contribution in [1.82, 2.24) is 4.98 Å². The van der Waals surface area contributed by atoms with Crippen molar-refractivity contribution in [1.29, 1.82) is 0 Å². The molecule has 3 nitrogen and oxygen atoms in total. The number of thiazole rings is 1. The maximum atomic E-state index is 6.12. The van der Waals surface area contributed by atoms with Crippen LogP contribution in [0.4, 0.5) is 0 Å². The van der Waals surface area contributed by atoms with Crippen LogP contribution in [0.25, 0.3) is 11.3 Å². The highest BCUT2D eigenvalue weighted by atomic mass is 32.1. The molecule has 1 unspecified atom stereocenters. The van der Waals surface area contributed by atoms with Gasteiger partial charge in [0.05, 0.1) is 5.69 Å². The summed E-state index contributed by atoms with van der Waals surface area (Å²) in [5.74, 6) is 1.37. The molecular weight excluding hydrogens is 328 g/mol. The summed E-state index contributed by atoms with van der Waals surface area (Å²) in [5.41, 5.74) is 10.2. The lowest BCUT2D eigenvalue weighted by molar-refractivity contribution is 0.307. The molecule has 0 radical (unpaired) electrons. The number of aromatic nitrogens is 1. The molecule has 2 N–H and O–H groups in total. The highest BCUT2D eigenvalue weighted by Crippen LogP contribution is 2.34. The SMILES string of the molecule is CCC(C)c1ccc(OCc2ccccc2)c(-c2csc(CN)n2)c1. The van der Waals surface area contributed by atoms with Crippen molar-refractivity contribution in [2.45, 2.75) is 39.3 Å². The minimum absolute atomic E-state index is 0.468. The van der Waals surface area contributed by atoms with Gasteiger partial charge in [0.15, 0.2) is 0 Å². The molecule has 0 aliphatic rings. The Morgan fingerprint density at radius 1 is 1.16 bits per heavy atom. The number of hydrogen-bond donors (Lipinski definition) is 1. The van der Waals surface area contributed by atoms with E-state index >= 15 is 0 Å². The molecule has 4 heteroatoms. The number of benzene rings is 2. The summed E-state index contributed by atoms with van der Waals surface area (Å²) in [7, 11) is 0. The van der Waals surface area contributed by atoms with Crippen LogP contribution in [0.5, 0.6) is 5.75 Å². The first kappa shape index (κ1) is 17.6. The van der Waals surface area contributed by atoms with Gasteiger partial charge in [0.2, 0.25) is 0 Å². The summed E-state index contributed by atoms with van der Waals surface area (Å²) in [6.45, 7) is 5.47. The van der Waals surface area contributed by atoms with Crippen LogP contribution in [-0.2, 0) is 13.2 Å². The zero-order chi connectivity index (χ0) is 17.6. The van der Waals surface area contributed by atoms with E-state index in [0.29, 0.717) is 19.1 Å². The zero-order valence-electron chi connectivity index (χ0n) is 14.7. The monoisotopic (exact) mass is 352 g/mol. The van der Waals surface area contributed by atoms with E-state index in [4.69, 9.17) is 10.5 Å². The molecular formula is C21H24N2OS. The Morgan fingerprint density at radius 2 is 1.96 bits per heavy atom. The lowest BCUT2D eigenvalue weighted by atomic mass is 9.96. The summed E-state index contributed by atoms with van der Waals surface area (Å²) >= 11 is 1.60. The van der Waals surface area contributed by atoms with Gasteiger partial charge in [0, 0.05) is 17.5 Å². The summed E-state index contributed by atoms with van der Waals surface area (Å²) in [4.78, 5) is 4.65. The van der Waals surface area contributed by atoms with Gasteiger partial charge in [-0.2, -0.15) is 0 Å². The van der Waals surface area contributed by atoms with Gasteiger partial charge in [-0.1, -0.05) is 50.2 Å². The average molecular weight is 353 g/mol. The van der Waals surface area contributed by atoms with Crippen molar-refractivity contribution in [3.05, 3.63) is 70.0 Å². The van der Waals surface area contributed by atoms with Gasteiger partial charge in [0.25, 0.3) is 0 Å². The van der Waals surface area contributed by atoms with Crippen molar-refractivity contribution in [2.24, 2.45) is 5.73 Å². The van der Waals surface area contributed by atoms with E-state index < -0.39 is 0 Å². The second-order valence-electron chi connectivity index (χ2n) is 6.17. The molecule has 130 valence electrons. The molecule has 0 amide bonds. The lowest BCUT2D eigenvalue weighted by Crippen LogP contribution is -2.00. The summed E-state index contributed by atoms with van der Waals surface area (Å²) in [6, 6.07) is 16.7. The van der Waals surface area contributed by atoms with Gasteiger partial charge < -0.3 is 10.5 Å². The predicted octanol–water partition coefficient (Wildman–Crippen LogP) is 5.36. The minimum atomic E-state index is 0.468. The molecule has 0 aliphatic carbocycles. The lowest BCUT2D eigenvalue weighted by Gasteiger charge is -2.15. The molecule has 0 fully saturated rings. The van der Waals surface area contributed by atoms with Crippen LogP contribution < -0.4 is 10.5 Å². The first-order chi connectivity index (χ1) is 12.2. The fourth-order valence-corrected chi connectivity index (χ4v) is 3.35. The molecule has 0 saturated heterocycles. The number of hydrogen-bond acceptors (Lipinski definition) is 4. The Hall–Kier alpha value is -2.17. The van der Waals surface area contributed by atoms with Gasteiger partial charge in [-0.3, -0.25) is 0 Å². The summed E-state index contributed by atoms with van der Waals surface area (Å²) in [5, 5.41) is 3.01. The minimum Gasteiger partial charge on any atom is -0.488 e. The molecule has 0 aliphatic heterocycles. The Kier molecular flexibility index (Phi) is 5.84. The molecule has 3 rings (SSSR count). The van der Waals surface area contributed by atoms with Crippen LogP contribution in [0.3, 0.4) is 0 Å². The number of nitrogens with zero attached hydrogens (tertiary/aromatic N) is 1. The highest BCUT2D eigenvalue weighted by Gasteiger charge is 2.14. The second kappa shape index (κ2) is 8.28. The van der Waals surface area contributed by atoms with Gasteiger partial charge in [-0.15, -0.1) is 11.3 Å². The molecule has 0 spiro atoms. The fraction of sp³-hybridized carbons (Fsp3) is 0.286. The van der Waals surface area contributed by atoms with Gasteiger partial charge in [0.1, 0.15) is 17.4 Å². The second-order valence-corrected chi connectivity index (χ2v) is 7.11. The van der Waals surface area contributed by atoms with Gasteiger partial charge in [-0.25, -0.2) is 4.98 Å². The fourth-order valence-electron chi connectivity index (χ4n) is 2.68. The third-order valence-electron chi connectivity index (χ3n) is 4.42. The summed E-state index contributed by atoms with van der Waals surface area (Å²) < 4.78 is 6.12. The first-order valence-corrected chi connectivity index (χ1v) is 9.54. The van der Waals surface area contributed by atoms with E-state index in [2.05, 4.69) is 54.5 Å². The van der Waals surface area contributed by atoms with E-state index in [-0.39, 0.29) is 0 Å². The van der Waals surface area contributed by atoms with E-state index in [1.165, 1.54) is 5.56 Å². The highest BCUT2D eigenvalue weighted by molar-refractivity contribution is 7.09. The Bertz CT molecular complexity index is 814. The molecule has 3 aromatic rings. The van der Waals surface area contributed by atoms with Gasteiger partial charge >= 0.3 is 0 Å². The molecule has 25 heavy (non-hydrogen) atoms. The third kappa shape index (κ3) is 4.27. The molecule has 1 atom stereocenters. The van der Waals surface area contributed by atoms with Crippen LogP contribution >= 0.6 is 11.3 Å². The maximum absolute atomic E-state index is 6.12. The van der Waals surface area contributed by atoms with Crippen molar-refractivity contribution in [3.8, 4) is 17.0 Å². The van der Waals surface area contributed by atoms with Crippen molar-refractivity contribution < 1.29 is 4.74 Å². The normalized spacial score (nSPS) is 12.1. The average Bonchev–Trinajstić information content (AvgIpc) is 3.15. The Balaban J connectivity index is 1.92. The topological polar surface area (TPSA) is 48.1 Å². The van der Waals surface area contributed by atoms with Crippen LogP contribution in [0.1, 0.15) is 42.3 Å². The Morgan fingerprint density at radius 3 is 2.64 bits per heavy atom. The van der Waals surface area contributed by atoms with E-state index in [0.717, 1.165) is 34.0 Å². The molecule has 0 saturated carbocycles. The van der Waals surface area contributed by atoms with Crippen molar-refractivity contribution in [2.75, 3.05) is 0 Å². The number of rotatable bonds is 7. The smallest absolute Gasteiger partial charge is 0.129 e. The number of ether oxygens (including phenoxy) is 1. The largest absolute Gasteiger partial charge is 0.488 e. The molecule has 0 bridgehead atoms. The van der Waals surface area contributed by atoms with E-state index in [9.17, 15) is 0 Å². The number of nitrogens with two attached hydrogens (primary N) is 1. The maximum Gasteiger partial charge on any atom is 0.129 e. The van der Waals surface area contributed by atoms with Crippen LogP contribution in [-0.4, -0.2) is 4.98 Å². The van der Waals surface area contributed by atoms with Gasteiger partial charge in [-0.05, 0) is 35.6 Å². The quantitative estimate of drug-likeness (QED) is 0.622. The Labute approximate surface area is 153 Å². The van der Waals surface area contributed by atoms with E-state index in [1.54, 1.807) is 11.3 Å². The first-order valence-electron chi connectivity index (χ1n) is 8.66. The third-order valence-corrected chi connectivity index (χ3v) is 5.30. The van der Waals surface area contributed by atoms with Crippen molar-refractivity contribution >= 4 is 11.3 Å². The zero-order valence-corrected chi connectivity index (χ0v) is 15.6. The predicted molar refractivity (Wildman–Crippen MR) is 105 cm³/mol. The molecule has 1 aromatic heterocycles.